The summed E-state index contributed by atoms with van der Waals surface area (Å²) in [4.78, 5) is 16.2. The van der Waals surface area contributed by atoms with E-state index in [1.807, 2.05) is 13.8 Å². The van der Waals surface area contributed by atoms with E-state index in [0.29, 0.717) is 17.9 Å². The fourth-order valence-electron chi connectivity index (χ4n) is 1.78. The molecule has 104 valence electrons. The SMILES string of the molecule is CCNc1cc(C(=O)Nc2cc(C)ccc2F)ccn1. The Morgan fingerprint density at radius 1 is 1.30 bits per heavy atom. The van der Waals surface area contributed by atoms with E-state index in [9.17, 15) is 9.18 Å². The van der Waals surface area contributed by atoms with Gasteiger partial charge in [-0.25, -0.2) is 9.37 Å². The molecule has 1 amide bonds. The van der Waals surface area contributed by atoms with Gasteiger partial charge in [-0.05, 0) is 43.7 Å². The molecule has 2 aromatic rings. The molecule has 20 heavy (non-hydrogen) atoms. The molecule has 0 unspecified atom stereocenters. The average Bonchev–Trinajstić information content (AvgIpc) is 2.43. The van der Waals surface area contributed by atoms with Gasteiger partial charge in [0.2, 0.25) is 0 Å². The first-order chi connectivity index (χ1) is 9.60. The summed E-state index contributed by atoms with van der Waals surface area (Å²) in [5, 5.41) is 5.59. The van der Waals surface area contributed by atoms with Gasteiger partial charge >= 0.3 is 0 Å². The van der Waals surface area contributed by atoms with E-state index in [1.54, 1.807) is 30.5 Å². The highest BCUT2D eigenvalue weighted by Crippen LogP contribution is 2.17. The summed E-state index contributed by atoms with van der Waals surface area (Å²) < 4.78 is 13.6. The maximum atomic E-state index is 13.6. The molecule has 0 spiro atoms. The minimum absolute atomic E-state index is 0.178. The normalized spacial score (nSPS) is 10.2. The van der Waals surface area contributed by atoms with Crippen molar-refractivity contribution in [2.24, 2.45) is 0 Å². The number of halogens is 1. The second-order valence-electron chi connectivity index (χ2n) is 4.40. The molecule has 0 aliphatic carbocycles. The van der Waals surface area contributed by atoms with Crippen LogP contribution in [0.4, 0.5) is 15.9 Å². The molecule has 2 N–H and O–H groups in total. The van der Waals surface area contributed by atoms with Gasteiger partial charge in [0.05, 0.1) is 5.69 Å². The number of carbonyl (C=O) groups excluding carboxylic acids is 1. The van der Waals surface area contributed by atoms with Gasteiger partial charge in [0.25, 0.3) is 5.91 Å². The maximum absolute atomic E-state index is 13.6. The van der Waals surface area contributed by atoms with Gasteiger partial charge < -0.3 is 10.6 Å². The van der Waals surface area contributed by atoms with Crippen LogP contribution in [0, 0.1) is 12.7 Å². The van der Waals surface area contributed by atoms with Crippen molar-refractivity contribution in [3.8, 4) is 0 Å². The number of rotatable bonds is 4. The van der Waals surface area contributed by atoms with Crippen LogP contribution in [-0.4, -0.2) is 17.4 Å². The standard InChI is InChI=1S/C15H16FN3O/c1-3-17-14-9-11(6-7-18-14)15(20)19-13-8-10(2)4-5-12(13)16/h4-9H,3H2,1-2H3,(H,17,18)(H,19,20). The fraction of sp³-hybridized carbons (Fsp3) is 0.200. The van der Waals surface area contributed by atoms with Crippen molar-refractivity contribution in [2.75, 3.05) is 17.2 Å². The number of pyridine rings is 1. The van der Waals surface area contributed by atoms with E-state index < -0.39 is 5.82 Å². The van der Waals surface area contributed by atoms with Gasteiger partial charge in [-0.2, -0.15) is 0 Å². The number of hydrogen-bond acceptors (Lipinski definition) is 3. The number of nitrogens with one attached hydrogen (secondary N) is 2. The van der Waals surface area contributed by atoms with Crippen molar-refractivity contribution in [1.29, 1.82) is 0 Å². The molecule has 1 aromatic heterocycles. The van der Waals surface area contributed by atoms with Gasteiger partial charge in [-0.1, -0.05) is 6.07 Å². The van der Waals surface area contributed by atoms with Crippen LogP contribution in [0.1, 0.15) is 22.8 Å². The van der Waals surface area contributed by atoms with Crippen molar-refractivity contribution >= 4 is 17.4 Å². The third kappa shape index (κ3) is 3.32. The molecular formula is C15H16FN3O. The van der Waals surface area contributed by atoms with Crippen LogP contribution in [0.25, 0.3) is 0 Å². The third-order valence-electron chi connectivity index (χ3n) is 2.75. The number of hydrogen-bond donors (Lipinski definition) is 2. The molecule has 0 aliphatic rings. The van der Waals surface area contributed by atoms with Crippen molar-refractivity contribution < 1.29 is 9.18 Å². The first-order valence-electron chi connectivity index (χ1n) is 6.37. The Hall–Kier alpha value is -2.43. The average molecular weight is 273 g/mol. The van der Waals surface area contributed by atoms with Gasteiger partial charge in [-0.3, -0.25) is 4.79 Å². The number of aromatic nitrogens is 1. The number of benzene rings is 1. The summed E-state index contributed by atoms with van der Waals surface area (Å²) >= 11 is 0. The van der Waals surface area contributed by atoms with Crippen LogP contribution in [0.5, 0.6) is 0 Å². The highest BCUT2D eigenvalue weighted by Gasteiger charge is 2.10. The zero-order valence-electron chi connectivity index (χ0n) is 11.4. The molecule has 1 aromatic carbocycles. The predicted octanol–water partition coefficient (Wildman–Crippen LogP) is 3.21. The van der Waals surface area contributed by atoms with Crippen LogP contribution in [0.2, 0.25) is 0 Å². The molecule has 0 saturated carbocycles. The first kappa shape index (κ1) is 14.0. The lowest BCUT2D eigenvalue weighted by molar-refractivity contribution is 0.102. The maximum Gasteiger partial charge on any atom is 0.255 e. The summed E-state index contributed by atoms with van der Waals surface area (Å²) in [6.45, 7) is 4.49. The summed E-state index contributed by atoms with van der Waals surface area (Å²) in [5.74, 6) is -0.203. The molecule has 0 fully saturated rings. The number of anilines is 2. The first-order valence-corrected chi connectivity index (χ1v) is 6.37. The Morgan fingerprint density at radius 3 is 2.85 bits per heavy atom. The number of nitrogens with zero attached hydrogens (tertiary/aromatic N) is 1. The molecule has 2 rings (SSSR count). The van der Waals surface area contributed by atoms with Crippen molar-refractivity contribution in [2.45, 2.75) is 13.8 Å². The van der Waals surface area contributed by atoms with Crippen molar-refractivity contribution in [3.05, 3.63) is 53.5 Å². The van der Waals surface area contributed by atoms with E-state index >= 15 is 0 Å². The predicted molar refractivity (Wildman–Crippen MR) is 77.5 cm³/mol. The molecule has 0 aliphatic heterocycles. The minimum Gasteiger partial charge on any atom is -0.370 e. The topological polar surface area (TPSA) is 54.0 Å². The van der Waals surface area contributed by atoms with E-state index in [0.717, 1.165) is 5.56 Å². The summed E-state index contributed by atoms with van der Waals surface area (Å²) in [5.41, 5.74) is 1.48. The lowest BCUT2D eigenvalue weighted by atomic mass is 10.2. The molecule has 0 saturated heterocycles. The lowest BCUT2D eigenvalue weighted by Crippen LogP contribution is -2.14. The molecule has 4 nitrogen and oxygen atoms in total. The smallest absolute Gasteiger partial charge is 0.255 e. The van der Waals surface area contributed by atoms with Gasteiger partial charge in [0.1, 0.15) is 11.6 Å². The van der Waals surface area contributed by atoms with E-state index in [2.05, 4.69) is 15.6 Å². The van der Waals surface area contributed by atoms with Crippen LogP contribution >= 0.6 is 0 Å². The Balaban J connectivity index is 2.19. The largest absolute Gasteiger partial charge is 0.370 e. The monoisotopic (exact) mass is 273 g/mol. The number of aryl methyl sites for hydroxylation is 1. The summed E-state index contributed by atoms with van der Waals surface area (Å²) in [6, 6.07) is 7.80. The quantitative estimate of drug-likeness (QED) is 0.899. The highest BCUT2D eigenvalue weighted by atomic mass is 19.1. The molecule has 0 bridgehead atoms. The summed E-state index contributed by atoms with van der Waals surface area (Å²) in [7, 11) is 0. The summed E-state index contributed by atoms with van der Waals surface area (Å²) in [6.07, 6.45) is 1.54. The molecular weight excluding hydrogens is 257 g/mol. The van der Waals surface area contributed by atoms with Gasteiger partial charge in [0.15, 0.2) is 0 Å². The molecule has 1 heterocycles. The van der Waals surface area contributed by atoms with Gasteiger partial charge in [0, 0.05) is 18.3 Å². The zero-order valence-corrected chi connectivity index (χ0v) is 11.4. The third-order valence-corrected chi connectivity index (χ3v) is 2.75. The fourth-order valence-corrected chi connectivity index (χ4v) is 1.78. The Bertz CT molecular complexity index is 628. The van der Waals surface area contributed by atoms with Crippen LogP contribution < -0.4 is 10.6 Å². The Kier molecular flexibility index (Phi) is 4.30. The molecule has 0 atom stereocenters. The van der Waals surface area contributed by atoms with E-state index in [4.69, 9.17) is 0 Å². The lowest BCUT2D eigenvalue weighted by Gasteiger charge is -2.08. The second kappa shape index (κ2) is 6.14. The van der Waals surface area contributed by atoms with Crippen molar-refractivity contribution in [1.82, 2.24) is 4.98 Å². The molecule has 0 radical (unpaired) electrons. The van der Waals surface area contributed by atoms with Gasteiger partial charge in [-0.15, -0.1) is 0 Å². The zero-order chi connectivity index (χ0) is 14.5. The van der Waals surface area contributed by atoms with Crippen LogP contribution in [0.3, 0.4) is 0 Å². The second-order valence-corrected chi connectivity index (χ2v) is 4.40. The minimum atomic E-state index is -0.454. The van der Waals surface area contributed by atoms with E-state index in [-0.39, 0.29) is 11.6 Å². The van der Waals surface area contributed by atoms with Crippen LogP contribution in [-0.2, 0) is 0 Å². The van der Waals surface area contributed by atoms with E-state index in [1.165, 1.54) is 6.07 Å². The number of carbonyl (C=O) groups is 1. The molecule has 5 heteroatoms. The Morgan fingerprint density at radius 2 is 2.10 bits per heavy atom. The van der Waals surface area contributed by atoms with Crippen LogP contribution in [0.15, 0.2) is 36.5 Å². The number of amides is 1. The highest BCUT2D eigenvalue weighted by molar-refractivity contribution is 6.04. The Labute approximate surface area is 117 Å². The van der Waals surface area contributed by atoms with Crippen molar-refractivity contribution in [3.63, 3.8) is 0 Å².